The Bertz CT molecular complexity index is 239. The number of primary amides is 2. The van der Waals surface area contributed by atoms with Crippen molar-refractivity contribution in [1.29, 1.82) is 0 Å². The summed E-state index contributed by atoms with van der Waals surface area (Å²) in [7, 11) is 0. The lowest BCUT2D eigenvalue weighted by atomic mass is 10.0. The zero-order chi connectivity index (χ0) is 11.1. The van der Waals surface area contributed by atoms with Crippen LogP contribution in [0.25, 0.3) is 0 Å². The van der Waals surface area contributed by atoms with E-state index in [1.54, 1.807) is 0 Å². The number of esters is 1. The van der Waals surface area contributed by atoms with E-state index in [-0.39, 0.29) is 6.42 Å². The van der Waals surface area contributed by atoms with Crippen molar-refractivity contribution < 1.29 is 19.1 Å². The van der Waals surface area contributed by atoms with E-state index >= 15 is 0 Å². The van der Waals surface area contributed by atoms with Gasteiger partial charge in [0.05, 0.1) is 0 Å². The van der Waals surface area contributed by atoms with Gasteiger partial charge < -0.3 is 16.2 Å². The second-order valence-electron chi connectivity index (χ2n) is 2.84. The quantitative estimate of drug-likeness (QED) is 0.478. The first-order valence-corrected chi connectivity index (χ1v) is 4.29. The van der Waals surface area contributed by atoms with Gasteiger partial charge in [-0.05, 0) is 6.42 Å². The SMILES string of the molecule is CCCCC(C(N)=O)C(=O)OC(N)=O. The standard InChI is InChI=1S/C8H14N2O4/c1-2-3-4-5(6(9)11)7(12)14-8(10)13/h5H,2-4H2,1H3,(H2,9,11)(H2,10,13). The van der Waals surface area contributed by atoms with E-state index < -0.39 is 23.9 Å². The highest BCUT2D eigenvalue weighted by atomic mass is 16.6. The summed E-state index contributed by atoms with van der Waals surface area (Å²) >= 11 is 0. The highest BCUT2D eigenvalue weighted by Gasteiger charge is 2.26. The Hall–Kier alpha value is -1.59. The molecule has 2 amide bonds. The fourth-order valence-corrected chi connectivity index (χ4v) is 0.955. The summed E-state index contributed by atoms with van der Waals surface area (Å²) in [6.45, 7) is 1.90. The maximum atomic E-state index is 11.1. The van der Waals surface area contributed by atoms with Gasteiger partial charge in [0.25, 0.3) is 0 Å². The highest BCUT2D eigenvalue weighted by Crippen LogP contribution is 2.09. The molecule has 0 aromatic rings. The largest absolute Gasteiger partial charge is 0.412 e. The van der Waals surface area contributed by atoms with Crippen LogP contribution in [0.1, 0.15) is 26.2 Å². The van der Waals surface area contributed by atoms with Crippen LogP contribution in [0, 0.1) is 5.92 Å². The molecule has 0 fully saturated rings. The van der Waals surface area contributed by atoms with Crippen molar-refractivity contribution in [1.82, 2.24) is 0 Å². The van der Waals surface area contributed by atoms with E-state index in [1.807, 2.05) is 6.92 Å². The van der Waals surface area contributed by atoms with Crippen LogP contribution in [0.2, 0.25) is 0 Å². The van der Waals surface area contributed by atoms with Crippen molar-refractivity contribution >= 4 is 18.0 Å². The van der Waals surface area contributed by atoms with Crippen LogP contribution in [0.15, 0.2) is 0 Å². The van der Waals surface area contributed by atoms with E-state index in [0.717, 1.165) is 6.42 Å². The molecule has 1 atom stereocenters. The minimum Gasteiger partial charge on any atom is -0.376 e. The molecule has 0 radical (unpaired) electrons. The lowest BCUT2D eigenvalue weighted by molar-refractivity contribution is -0.146. The van der Waals surface area contributed by atoms with Gasteiger partial charge in [0.2, 0.25) is 5.91 Å². The smallest absolute Gasteiger partial charge is 0.376 e. The molecule has 0 rings (SSSR count). The van der Waals surface area contributed by atoms with Crippen molar-refractivity contribution in [3.05, 3.63) is 0 Å². The molecule has 0 saturated heterocycles. The predicted molar refractivity (Wildman–Crippen MR) is 47.9 cm³/mol. The number of amides is 2. The molecule has 0 spiro atoms. The zero-order valence-corrected chi connectivity index (χ0v) is 7.99. The molecule has 0 aromatic carbocycles. The molecule has 4 N–H and O–H groups in total. The fraction of sp³-hybridized carbons (Fsp3) is 0.625. The number of carbonyl (C=O) groups excluding carboxylic acids is 3. The number of hydrogen-bond donors (Lipinski definition) is 2. The van der Waals surface area contributed by atoms with Crippen LogP contribution in [-0.2, 0) is 14.3 Å². The lowest BCUT2D eigenvalue weighted by Gasteiger charge is -2.09. The van der Waals surface area contributed by atoms with Gasteiger partial charge in [-0.3, -0.25) is 9.59 Å². The highest BCUT2D eigenvalue weighted by molar-refractivity contribution is 6.00. The molecule has 0 aliphatic carbocycles. The molecule has 14 heavy (non-hydrogen) atoms. The van der Waals surface area contributed by atoms with E-state index in [0.29, 0.717) is 6.42 Å². The maximum Gasteiger partial charge on any atom is 0.412 e. The molecular formula is C8H14N2O4. The molecule has 0 aromatic heterocycles. The first-order chi connectivity index (χ1) is 6.49. The third-order valence-corrected chi connectivity index (χ3v) is 1.68. The molecule has 0 saturated carbocycles. The molecular weight excluding hydrogens is 188 g/mol. The Morgan fingerprint density at radius 3 is 2.21 bits per heavy atom. The average molecular weight is 202 g/mol. The number of nitrogens with two attached hydrogens (primary N) is 2. The number of hydrogen-bond acceptors (Lipinski definition) is 4. The topological polar surface area (TPSA) is 112 Å². The Kier molecular flexibility index (Phi) is 5.28. The van der Waals surface area contributed by atoms with E-state index in [9.17, 15) is 14.4 Å². The summed E-state index contributed by atoms with van der Waals surface area (Å²) in [5.41, 5.74) is 9.59. The summed E-state index contributed by atoms with van der Waals surface area (Å²) in [6, 6.07) is 0. The van der Waals surface area contributed by atoms with Gasteiger partial charge >= 0.3 is 12.1 Å². The Morgan fingerprint density at radius 2 is 1.86 bits per heavy atom. The van der Waals surface area contributed by atoms with Gasteiger partial charge in [-0.1, -0.05) is 19.8 Å². The van der Waals surface area contributed by atoms with E-state index in [1.165, 1.54) is 0 Å². The van der Waals surface area contributed by atoms with Gasteiger partial charge in [0, 0.05) is 0 Å². The zero-order valence-electron chi connectivity index (χ0n) is 7.99. The molecule has 1 unspecified atom stereocenters. The van der Waals surface area contributed by atoms with Crippen molar-refractivity contribution in [3.63, 3.8) is 0 Å². The number of carbonyl (C=O) groups is 3. The van der Waals surface area contributed by atoms with Gasteiger partial charge in [-0.15, -0.1) is 0 Å². The number of ether oxygens (including phenoxy) is 1. The Labute approximate surface area is 81.6 Å². The molecule has 0 bridgehead atoms. The maximum absolute atomic E-state index is 11.1. The second kappa shape index (κ2) is 5.95. The summed E-state index contributed by atoms with van der Waals surface area (Å²) < 4.78 is 4.07. The fourth-order valence-electron chi connectivity index (χ4n) is 0.955. The molecule has 80 valence electrons. The Balaban J connectivity index is 4.26. The predicted octanol–water partition coefficient (Wildman–Crippen LogP) is -0.1000. The van der Waals surface area contributed by atoms with Crippen LogP contribution in [-0.4, -0.2) is 18.0 Å². The van der Waals surface area contributed by atoms with Crippen LogP contribution >= 0.6 is 0 Å². The van der Waals surface area contributed by atoms with Crippen LogP contribution in [0.5, 0.6) is 0 Å². The second-order valence-corrected chi connectivity index (χ2v) is 2.84. The van der Waals surface area contributed by atoms with Crippen molar-refractivity contribution in [2.24, 2.45) is 17.4 Å². The summed E-state index contributed by atoms with van der Waals surface area (Å²) in [5, 5.41) is 0. The number of unbranched alkanes of at least 4 members (excludes halogenated alkanes) is 1. The minimum absolute atomic E-state index is 0.276. The summed E-state index contributed by atoms with van der Waals surface area (Å²) in [6.07, 6.45) is 0.519. The average Bonchev–Trinajstić information content (AvgIpc) is 2.02. The van der Waals surface area contributed by atoms with E-state index in [2.05, 4.69) is 10.5 Å². The first kappa shape index (κ1) is 12.4. The van der Waals surface area contributed by atoms with Gasteiger partial charge in [0.15, 0.2) is 0 Å². The normalized spacial score (nSPS) is 11.8. The summed E-state index contributed by atoms with van der Waals surface area (Å²) in [5.74, 6) is -2.86. The first-order valence-electron chi connectivity index (χ1n) is 4.29. The van der Waals surface area contributed by atoms with Crippen LogP contribution in [0.4, 0.5) is 4.79 Å². The third kappa shape index (κ3) is 4.44. The van der Waals surface area contributed by atoms with E-state index in [4.69, 9.17) is 5.73 Å². The van der Waals surface area contributed by atoms with Crippen molar-refractivity contribution in [3.8, 4) is 0 Å². The molecule has 6 heteroatoms. The number of rotatable bonds is 5. The lowest BCUT2D eigenvalue weighted by Crippen LogP contribution is -2.34. The molecule has 6 nitrogen and oxygen atoms in total. The minimum atomic E-state index is -1.22. The van der Waals surface area contributed by atoms with Crippen LogP contribution in [0.3, 0.4) is 0 Å². The third-order valence-electron chi connectivity index (χ3n) is 1.68. The molecule has 0 heterocycles. The molecule has 0 aliphatic heterocycles. The van der Waals surface area contributed by atoms with Gasteiger partial charge in [0.1, 0.15) is 5.92 Å². The molecule has 0 aliphatic rings. The monoisotopic (exact) mass is 202 g/mol. The van der Waals surface area contributed by atoms with Crippen molar-refractivity contribution in [2.45, 2.75) is 26.2 Å². The van der Waals surface area contributed by atoms with Crippen LogP contribution < -0.4 is 11.5 Å². The summed E-state index contributed by atoms with van der Waals surface area (Å²) in [4.78, 5) is 32.1. The van der Waals surface area contributed by atoms with Crippen molar-refractivity contribution in [2.75, 3.05) is 0 Å². The Morgan fingerprint density at radius 1 is 1.29 bits per heavy atom. The van der Waals surface area contributed by atoms with Gasteiger partial charge in [-0.25, -0.2) is 4.79 Å². The van der Waals surface area contributed by atoms with Gasteiger partial charge in [-0.2, -0.15) is 0 Å².